The first kappa shape index (κ1) is 96.1. The number of carbonyl (C=O) groups excluding carboxylic acids is 2. The van der Waals surface area contributed by atoms with Gasteiger partial charge in [0.25, 0.3) is 0 Å². The summed E-state index contributed by atoms with van der Waals surface area (Å²) in [6.45, 7) is 2.77. The molecule has 1 saturated carbocycles. The molecule has 2 aliphatic rings. The number of aliphatic hydroxyl groups is 1. The monoisotopic (exact) mass is 1650 g/mol. The molecule has 6 aromatic rings. The van der Waals surface area contributed by atoms with Crippen molar-refractivity contribution in [3.8, 4) is 6.07 Å². The van der Waals surface area contributed by atoms with E-state index in [9.17, 15) is 20.7 Å². The number of ether oxygens (including phenoxy) is 11. The van der Waals surface area contributed by atoms with Gasteiger partial charge in [-0.1, -0.05) is 374 Å². The number of phosphoric acid groups is 1. The second-order valence-corrected chi connectivity index (χ2v) is 32.6. The average Bonchev–Trinajstić information content (AvgIpc) is 0.746. The highest BCUT2D eigenvalue weighted by Gasteiger charge is 2.60. The predicted octanol–water partition coefficient (Wildman–Crippen LogP) is 22.5. The van der Waals surface area contributed by atoms with Crippen LogP contribution in [0.15, 0.2) is 187 Å². The minimum Gasteiger partial charge on any atom is -0.457 e. The summed E-state index contributed by atoms with van der Waals surface area (Å²) < 4.78 is 110. The van der Waals surface area contributed by atoms with Crippen LogP contribution in [0.5, 0.6) is 0 Å². The minimum absolute atomic E-state index is 0.0548. The van der Waals surface area contributed by atoms with Gasteiger partial charge in [-0.05, 0) is 51.8 Å². The van der Waals surface area contributed by atoms with Gasteiger partial charge in [0.1, 0.15) is 55.4 Å². The number of carbonyl (C=O) groups is 2. The Kier molecular flexibility index (Phi) is 48.3. The molecule has 8 rings (SSSR count). The third-order valence-electron chi connectivity index (χ3n) is 21.4. The molecule has 646 valence electrons. The maximum absolute atomic E-state index is 16.6. The van der Waals surface area contributed by atoms with Crippen molar-refractivity contribution in [1.82, 2.24) is 0 Å². The van der Waals surface area contributed by atoms with Crippen LogP contribution in [0.2, 0.25) is 0 Å². The van der Waals surface area contributed by atoms with Crippen LogP contribution in [0.3, 0.4) is 0 Å². The summed E-state index contributed by atoms with van der Waals surface area (Å²) in [7, 11) is -5.29. The highest BCUT2D eigenvalue weighted by molar-refractivity contribution is 7.48. The van der Waals surface area contributed by atoms with E-state index in [-0.39, 0.29) is 65.7 Å². The zero-order valence-corrected chi connectivity index (χ0v) is 71.0. The fourth-order valence-electron chi connectivity index (χ4n) is 14.8. The largest absolute Gasteiger partial charge is 0.509 e. The molecule has 0 aromatic heterocycles. The molecule has 1 saturated heterocycles. The van der Waals surface area contributed by atoms with Gasteiger partial charge in [-0.2, -0.15) is 5.26 Å². The molecule has 118 heavy (non-hydrogen) atoms. The van der Waals surface area contributed by atoms with E-state index in [1.54, 1.807) is 12.1 Å². The Bertz CT molecular complexity index is 3700. The summed E-state index contributed by atoms with van der Waals surface area (Å²) in [6.07, 6.45) is 15.3. The summed E-state index contributed by atoms with van der Waals surface area (Å²) in [4.78, 5) is 32.5. The normalized spacial score (nSPS) is 20.6. The maximum atomic E-state index is 16.6. The van der Waals surface area contributed by atoms with Crippen LogP contribution >= 0.6 is 7.82 Å². The molecule has 0 bridgehead atoms. The van der Waals surface area contributed by atoms with Crippen LogP contribution in [0.1, 0.15) is 246 Å². The molecule has 1 aliphatic heterocycles. The third kappa shape index (κ3) is 37.7. The van der Waals surface area contributed by atoms with Crippen molar-refractivity contribution in [1.29, 1.82) is 5.26 Å². The second kappa shape index (κ2) is 59.3. The lowest BCUT2D eigenvalue weighted by Crippen LogP contribution is -2.69. The van der Waals surface area contributed by atoms with Gasteiger partial charge < -0.3 is 57.2 Å². The Hall–Kier alpha value is -7.39. The van der Waals surface area contributed by atoms with E-state index >= 15 is 9.36 Å². The lowest BCUT2D eigenvalue weighted by atomic mass is 9.83. The summed E-state index contributed by atoms with van der Waals surface area (Å²) in [5, 5.41) is 27.1. The molecule has 1 heterocycles. The Morgan fingerprint density at radius 1 is 0.466 bits per heavy atom. The number of esters is 1. The molecular formula is C95H133N4O18P. The lowest BCUT2D eigenvalue weighted by Gasteiger charge is -2.51. The summed E-state index contributed by atoms with van der Waals surface area (Å²) >= 11 is 0. The Morgan fingerprint density at radius 2 is 0.856 bits per heavy atom. The topological polar surface area (TPSA) is 273 Å². The molecule has 2 fully saturated rings. The summed E-state index contributed by atoms with van der Waals surface area (Å²) in [5.74, 6) is -0.668. The summed E-state index contributed by atoms with van der Waals surface area (Å²) in [5.41, 5.74) is 15.2. The van der Waals surface area contributed by atoms with E-state index in [1.165, 1.54) is 122 Å². The van der Waals surface area contributed by atoms with Gasteiger partial charge >= 0.3 is 19.9 Å². The zero-order chi connectivity index (χ0) is 83.0. The van der Waals surface area contributed by atoms with Crippen LogP contribution in [-0.4, -0.2) is 124 Å². The van der Waals surface area contributed by atoms with Gasteiger partial charge in [-0.15, -0.1) is 0 Å². The van der Waals surface area contributed by atoms with Crippen molar-refractivity contribution >= 4 is 19.9 Å². The van der Waals surface area contributed by atoms with E-state index in [0.29, 0.717) is 30.6 Å². The number of benzene rings is 6. The van der Waals surface area contributed by atoms with E-state index in [2.05, 4.69) is 29.9 Å². The lowest BCUT2D eigenvalue weighted by molar-refractivity contribution is -0.331. The molecule has 0 amide bonds. The number of nitriles is 1. The SMILES string of the molecule is CCCCCCCCCCCCCCCCCCOC[C@@H](COP(=O)(OCCC#N)O[C@@H]1[C@H](OC(=O)CCCCCCCCCCCCCCC)[C@H](OCc2ccccc2)[C@@H](OCc2ccccc2)[C@H](OCc2ccccc2)[C@H]1O[C@H]1O[C@H](COCc2ccccc2)[C@@H](O)[C@H](OCc2ccccc2)[C@H]1N=[N+]=[N-])OC(=O)OCc1ccccc1. The fraction of sp³-hybridized carbons (Fsp3) is 0.589. The Morgan fingerprint density at radius 3 is 1.29 bits per heavy atom. The quantitative estimate of drug-likeness (QED) is 0.00927. The van der Waals surface area contributed by atoms with Crippen molar-refractivity contribution in [3.05, 3.63) is 226 Å². The summed E-state index contributed by atoms with van der Waals surface area (Å²) in [6, 6.07) is 56.6. The van der Waals surface area contributed by atoms with Crippen molar-refractivity contribution in [2.45, 2.75) is 326 Å². The zero-order valence-electron chi connectivity index (χ0n) is 70.1. The van der Waals surface area contributed by atoms with Crippen molar-refractivity contribution < 1.29 is 84.9 Å². The molecule has 0 radical (unpaired) electrons. The van der Waals surface area contributed by atoms with Gasteiger partial charge in [0.2, 0.25) is 0 Å². The Labute approximate surface area is 702 Å². The van der Waals surface area contributed by atoms with Crippen LogP contribution in [0, 0.1) is 11.3 Å². The van der Waals surface area contributed by atoms with Gasteiger partial charge in [0.15, 0.2) is 18.5 Å². The highest BCUT2D eigenvalue weighted by Crippen LogP contribution is 2.54. The Balaban J connectivity index is 1.17. The number of hydrogen-bond donors (Lipinski definition) is 1. The number of azide groups is 1. The molecule has 1 N–H and O–H groups in total. The first-order valence-corrected chi connectivity index (χ1v) is 45.4. The van der Waals surface area contributed by atoms with Crippen LogP contribution in [0.25, 0.3) is 10.4 Å². The van der Waals surface area contributed by atoms with Gasteiger partial charge in [0, 0.05) is 17.9 Å². The second-order valence-electron chi connectivity index (χ2n) is 31.0. The van der Waals surface area contributed by atoms with Crippen molar-refractivity contribution in [2.24, 2.45) is 5.11 Å². The van der Waals surface area contributed by atoms with Gasteiger partial charge in [-0.3, -0.25) is 18.4 Å². The van der Waals surface area contributed by atoms with Gasteiger partial charge in [-0.25, -0.2) is 9.36 Å². The molecule has 6 aromatic carbocycles. The number of aliphatic hydroxyl groups excluding tert-OH is 1. The average molecular weight is 1650 g/mol. The first-order chi connectivity index (χ1) is 58.1. The number of hydrogen-bond acceptors (Lipinski definition) is 20. The molecule has 22 nitrogen and oxygen atoms in total. The number of phosphoric ester groups is 1. The van der Waals surface area contributed by atoms with E-state index in [1.807, 2.05) is 170 Å². The van der Waals surface area contributed by atoms with E-state index < -0.39 is 107 Å². The van der Waals surface area contributed by atoms with Crippen LogP contribution in [0.4, 0.5) is 4.79 Å². The fourth-order valence-corrected chi connectivity index (χ4v) is 16.2. The number of unbranched alkanes of at least 4 members (excludes halogenated alkanes) is 27. The highest BCUT2D eigenvalue weighted by atomic mass is 31.2. The smallest absolute Gasteiger partial charge is 0.457 e. The van der Waals surface area contributed by atoms with Crippen LogP contribution < -0.4 is 0 Å². The molecule has 0 spiro atoms. The van der Waals surface area contributed by atoms with Crippen molar-refractivity contribution in [2.75, 3.05) is 33.0 Å². The first-order valence-electron chi connectivity index (χ1n) is 43.9. The third-order valence-corrected chi connectivity index (χ3v) is 22.9. The molecular weight excluding hydrogens is 1520 g/mol. The molecule has 13 atom stereocenters. The van der Waals surface area contributed by atoms with Gasteiger partial charge in [0.05, 0.1) is 78.1 Å². The van der Waals surface area contributed by atoms with E-state index in [0.717, 1.165) is 73.6 Å². The maximum Gasteiger partial charge on any atom is 0.509 e. The van der Waals surface area contributed by atoms with Crippen LogP contribution in [-0.2, 0) is 115 Å². The molecule has 1 aliphatic carbocycles. The number of rotatable bonds is 64. The number of nitrogens with zero attached hydrogens (tertiary/aromatic N) is 4. The molecule has 1 unspecified atom stereocenters. The van der Waals surface area contributed by atoms with Crippen molar-refractivity contribution in [3.63, 3.8) is 0 Å². The molecule has 23 heteroatoms. The predicted molar refractivity (Wildman–Crippen MR) is 455 cm³/mol. The standard InChI is InChI=1S/C95H133N4O18P/c1-3-5-7-9-11-13-15-17-18-19-21-23-25-27-29-49-65-104-73-82(113-95(102)110-72-81-61-46-35-47-62-81)74-112-118(103,111-66-50-64-96)117-93-91(115-84(100)63-48-28-26-24-22-20-16-14-12-10-8-6-4-2)89(108-70-79-57-42-33-43-58-79)88(107-69-78-55-40-32-41-56-78)90(109-71-80-59-44-34-45-60-80)92(93)116-94-85(98-99-97)87(106-68-77-53-38-31-39-54-77)86(101)83(114-94)75-105-67-76-51-36-30-37-52-76/h30-47,51-62,82-83,85-94,101H,3-29,48-50,63,65-75H2,1-2H3/t82-,83+,85+,86+,87+,88+,89+,90-,91+,92+,93+,94+,118?/m0/s1. The van der Waals surface area contributed by atoms with E-state index in [4.69, 9.17) is 65.7 Å². The minimum atomic E-state index is -5.29.